The molecular formula is C27H34FN5O2S. The maximum absolute atomic E-state index is 14.2. The molecule has 1 saturated heterocycles. The molecule has 0 amide bonds. The number of hydrogen-bond donors (Lipinski definition) is 0. The molecule has 0 radical (unpaired) electrons. The number of anilines is 1. The summed E-state index contributed by atoms with van der Waals surface area (Å²) in [6, 6.07) is 15.8. The first kappa shape index (κ1) is 24.9. The number of likely N-dealkylation sites (N-methyl/N-ethyl adjacent to an activating group) is 1. The summed E-state index contributed by atoms with van der Waals surface area (Å²) >= 11 is 0. The second-order valence-corrected chi connectivity index (χ2v) is 11.6. The maximum Gasteiger partial charge on any atom is 0.218 e. The van der Waals surface area contributed by atoms with Gasteiger partial charge in [0.1, 0.15) is 11.6 Å². The zero-order chi connectivity index (χ0) is 25.3. The van der Waals surface area contributed by atoms with Crippen molar-refractivity contribution in [1.29, 1.82) is 0 Å². The van der Waals surface area contributed by atoms with Crippen molar-refractivity contribution in [1.82, 2.24) is 19.0 Å². The van der Waals surface area contributed by atoms with Crippen LogP contribution in [0.4, 0.5) is 10.2 Å². The number of aryl methyl sites for hydroxylation is 1. The molecule has 2 heterocycles. The van der Waals surface area contributed by atoms with Gasteiger partial charge in [-0.25, -0.2) is 17.5 Å². The van der Waals surface area contributed by atoms with Crippen LogP contribution in [0.3, 0.4) is 0 Å². The molecule has 3 aromatic rings. The summed E-state index contributed by atoms with van der Waals surface area (Å²) in [5, 5.41) is 4.81. The summed E-state index contributed by atoms with van der Waals surface area (Å²) in [6.45, 7) is 8.80. The van der Waals surface area contributed by atoms with Gasteiger partial charge in [-0.2, -0.15) is 9.40 Å². The van der Waals surface area contributed by atoms with Gasteiger partial charge in [0, 0.05) is 44.3 Å². The summed E-state index contributed by atoms with van der Waals surface area (Å²) in [5.74, 6) is 0.523. The Balaban J connectivity index is 1.53. The van der Waals surface area contributed by atoms with Gasteiger partial charge in [-0.1, -0.05) is 43.3 Å². The van der Waals surface area contributed by atoms with Crippen molar-refractivity contribution in [3.63, 3.8) is 0 Å². The van der Waals surface area contributed by atoms with Crippen LogP contribution < -0.4 is 4.90 Å². The second kappa shape index (κ2) is 10.3. The number of piperazine rings is 1. The lowest BCUT2D eigenvalue weighted by Crippen LogP contribution is -2.47. The van der Waals surface area contributed by atoms with Crippen molar-refractivity contribution in [2.24, 2.45) is 0 Å². The minimum Gasteiger partial charge on any atom is -0.354 e. The van der Waals surface area contributed by atoms with Gasteiger partial charge >= 0.3 is 0 Å². The number of benzene rings is 2. The number of rotatable bonds is 9. The Morgan fingerprint density at radius 1 is 1.03 bits per heavy atom. The van der Waals surface area contributed by atoms with E-state index in [1.165, 1.54) is 12.1 Å². The lowest BCUT2D eigenvalue weighted by atomic mass is 10.2. The Labute approximate surface area is 213 Å². The van der Waals surface area contributed by atoms with Crippen molar-refractivity contribution < 1.29 is 12.8 Å². The molecule has 0 atom stereocenters. The molecule has 2 fully saturated rings. The molecule has 1 aliphatic heterocycles. The van der Waals surface area contributed by atoms with E-state index in [0.717, 1.165) is 68.2 Å². The summed E-state index contributed by atoms with van der Waals surface area (Å²) in [7, 11) is -3.54. The molecule has 5 rings (SSSR count). The van der Waals surface area contributed by atoms with Crippen LogP contribution in [0.1, 0.15) is 36.6 Å². The summed E-state index contributed by atoms with van der Waals surface area (Å²) in [5.41, 5.74) is 3.09. The highest BCUT2D eigenvalue weighted by atomic mass is 32.2. The molecule has 1 aliphatic carbocycles. The zero-order valence-electron chi connectivity index (χ0n) is 21.0. The van der Waals surface area contributed by atoms with Crippen LogP contribution in [0.15, 0.2) is 54.6 Å². The van der Waals surface area contributed by atoms with Crippen LogP contribution in [0, 0.1) is 12.7 Å². The Kier molecular flexibility index (Phi) is 7.14. The SMILES string of the molecule is CCN1CCN(c2c(CN(C3CC3)S(=O)(=O)Cc3ccccc3)c(C)nn2-c2cccc(F)c2)CC1. The third-order valence-electron chi connectivity index (χ3n) is 7.15. The van der Waals surface area contributed by atoms with E-state index >= 15 is 0 Å². The van der Waals surface area contributed by atoms with Crippen molar-refractivity contribution in [3.05, 3.63) is 77.2 Å². The summed E-state index contributed by atoms with van der Waals surface area (Å²) in [6.07, 6.45) is 1.74. The number of sulfonamides is 1. The molecule has 192 valence electrons. The highest BCUT2D eigenvalue weighted by Crippen LogP contribution is 2.36. The van der Waals surface area contributed by atoms with E-state index in [2.05, 4.69) is 16.7 Å². The largest absolute Gasteiger partial charge is 0.354 e. The van der Waals surface area contributed by atoms with Gasteiger partial charge in [0.15, 0.2) is 0 Å². The van der Waals surface area contributed by atoms with E-state index in [1.807, 2.05) is 43.3 Å². The average Bonchev–Trinajstić information content (AvgIpc) is 3.65. The summed E-state index contributed by atoms with van der Waals surface area (Å²) in [4.78, 5) is 4.67. The lowest BCUT2D eigenvalue weighted by Gasteiger charge is -2.36. The van der Waals surface area contributed by atoms with Crippen molar-refractivity contribution in [3.8, 4) is 5.69 Å². The van der Waals surface area contributed by atoms with Gasteiger partial charge in [0.25, 0.3) is 0 Å². The van der Waals surface area contributed by atoms with Crippen LogP contribution in [0.25, 0.3) is 5.69 Å². The highest BCUT2D eigenvalue weighted by molar-refractivity contribution is 7.88. The standard InChI is InChI=1S/C27H34FN5O2S/c1-3-30-14-16-31(17-15-30)27-26(21(2)29-33(27)25-11-7-10-23(28)18-25)19-32(24-12-13-24)36(34,35)20-22-8-5-4-6-9-22/h4-11,18,24H,3,12-17,19-20H2,1-2H3. The van der Waals surface area contributed by atoms with Gasteiger partial charge < -0.3 is 9.80 Å². The van der Waals surface area contributed by atoms with E-state index in [9.17, 15) is 12.8 Å². The molecule has 0 N–H and O–H groups in total. The number of aromatic nitrogens is 2. The van der Waals surface area contributed by atoms with Gasteiger partial charge in [0.05, 0.1) is 17.1 Å². The maximum atomic E-state index is 14.2. The fourth-order valence-electron chi connectivity index (χ4n) is 4.96. The minimum absolute atomic E-state index is 0.0143. The molecule has 0 spiro atoms. The second-order valence-electron chi connectivity index (χ2n) is 9.72. The molecule has 9 heteroatoms. The van der Waals surface area contributed by atoms with E-state index in [4.69, 9.17) is 5.10 Å². The normalized spacial score (nSPS) is 17.2. The van der Waals surface area contributed by atoms with Crippen molar-refractivity contribution >= 4 is 15.8 Å². The first-order valence-corrected chi connectivity index (χ1v) is 14.3. The van der Waals surface area contributed by atoms with E-state index in [-0.39, 0.29) is 24.2 Å². The topological polar surface area (TPSA) is 61.7 Å². The number of nitrogens with zero attached hydrogens (tertiary/aromatic N) is 5. The van der Waals surface area contributed by atoms with Crippen molar-refractivity contribution in [2.75, 3.05) is 37.6 Å². The van der Waals surface area contributed by atoms with Gasteiger partial charge in [-0.3, -0.25) is 0 Å². The van der Waals surface area contributed by atoms with E-state index < -0.39 is 10.0 Å². The number of hydrogen-bond acceptors (Lipinski definition) is 5. The Morgan fingerprint density at radius 2 is 1.75 bits per heavy atom. The number of halogens is 1. The molecule has 1 aromatic heterocycles. The third-order valence-corrected chi connectivity index (χ3v) is 8.99. The van der Waals surface area contributed by atoms with E-state index in [1.54, 1.807) is 15.1 Å². The summed E-state index contributed by atoms with van der Waals surface area (Å²) < 4.78 is 44.9. The highest BCUT2D eigenvalue weighted by Gasteiger charge is 2.39. The molecule has 0 bridgehead atoms. The first-order valence-electron chi connectivity index (χ1n) is 12.7. The quantitative estimate of drug-likeness (QED) is 0.435. The fourth-order valence-corrected chi connectivity index (χ4v) is 6.73. The van der Waals surface area contributed by atoms with Crippen LogP contribution in [0.2, 0.25) is 0 Å². The average molecular weight is 512 g/mol. The van der Waals surface area contributed by atoms with Crippen molar-refractivity contribution in [2.45, 2.75) is 45.0 Å². The predicted octanol–water partition coefficient (Wildman–Crippen LogP) is 3.96. The van der Waals surface area contributed by atoms with Gasteiger partial charge in [0.2, 0.25) is 10.0 Å². The monoisotopic (exact) mass is 511 g/mol. The third kappa shape index (κ3) is 5.33. The molecule has 2 aromatic carbocycles. The molecule has 36 heavy (non-hydrogen) atoms. The van der Waals surface area contributed by atoms with Crippen LogP contribution in [-0.2, 0) is 22.3 Å². The van der Waals surface area contributed by atoms with Crippen LogP contribution >= 0.6 is 0 Å². The van der Waals surface area contributed by atoms with Gasteiger partial charge in [-0.15, -0.1) is 0 Å². The lowest BCUT2D eigenvalue weighted by molar-refractivity contribution is 0.269. The molecule has 0 unspecified atom stereocenters. The Morgan fingerprint density at radius 3 is 2.39 bits per heavy atom. The fraction of sp³-hybridized carbons (Fsp3) is 0.444. The van der Waals surface area contributed by atoms with Crippen LogP contribution in [-0.4, -0.2) is 66.2 Å². The molecule has 2 aliphatic rings. The molecule has 7 nitrogen and oxygen atoms in total. The van der Waals surface area contributed by atoms with Crippen LogP contribution in [0.5, 0.6) is 0 Å². The smallest absolute Gasteiger partial charge is 0.218 e. The molecule has 1 saturated carbocycles. The predicted molar refractivity (Wildman–Crippen MR) is 140 cm³/mol. The first-order chi connectivity index (χ1) is 17.4. The molecular weight excluding hydrogens is 477 g/mol. The Bertz CT molecular complexity index is 1300. The Hall–Kier alpha value is -2.75. The van der Waals surface area contributed by atoms with E-state index in [0.29, 0.717) is 5.69 Å². The van der Waals surface area contributed by atoms with Gasteiger partial charge in [-0.05, 0) is 50.1 Å². The zero-order valence-corrected chi connectivity index (χ0v) is 21.8. The minimum atomic E-state index is -3.54.